The zero-order chi connectivity index (χ0) is 15.2. The van der Waals surface area contributed by atoms with Gasteiger partial charge in [-0.05, 0) is 62.1 Å². The number of sulfonamides is 1. The second-order valence-corrected chi connectivity index (χ2v) is 8.85. The third-order valence-electron chi connectivity index (χ3n) is 4.96. The van der Waals surface area contributed by atoms with Gasteiger partial charge in [0.1, 0.15) is 4.90 Å². The van der Waals surface area contributed by atoms with Gasteiger partial charge in [0, 0.05) is 11.1 Å². The normalized spacial score (nSPS) is 29.8. The summed E-state index contributed by atoms with van der Waals surface area (Å²) in [5.41, 5.74) is 0. The van der Waals surface area contributed by atoms with Crippen molar-refractivity contribution in [1.29, 1.82) is 0 Å². The van der Waals surface area contributed by atoms with Gasteiger partial charge in [-0.2, -0.15) is 0 Å². The fourth-order valence-electron chi connectivity index (χ4n) is 3.99. The van der Waals surface area contributed by atoms with Gasteiger partial charge in [-0.1, -0.05) is 29.6 Å². The summed E-state index contributed by atoms with van der Waals surface area (Å²) in [5, 5.41) is 0.569. The van der Waals surface area contributed by atoms with E-state index in [2.05, 4.69) is 4.72 Å². The van der Waals surface area contributed by atoms with Crippen LogP contribution in [0.2, 0.25) is 10.0 Å². The summed E-state index contributed by atoms with van der Waals surface area (Å²) in [6, 6.07) is 4.43. The van der Waals surface area contributed by atoms with Crippen molar-refractivity contribution in [2.45, 2.75) is 43.5 Å². The molecule has 2 aliphatic rings. The number of fused-ring (bicyclic) bond motifs is 2. The van der Waals surface area contributed by atoms with Crippen molar-refractivity contribution in [3.63, 3.8) is 0 Å². The number of halogens is 2. The van der Waals surface area contributed by atoms with Crippen molar-refractivity contribution in [2.75, 3.05) is 0 Å². The lowest BCUT2D eigenvalue weighted by Gasteiger charge is -2.28. The summed E-state index contributed by atoms with van der Waals surface area (Å²) in [6.45, 7) is 1.96. The summed E-state index contributed by atoms with van der Waals surface area (Å²) >= 11 is 11.9. The van der Waals surface area contributed by atoms with E-state index in [0.717, 1.165) is 12.3 Å². The second kappa shape index (κ2) is 5.73. The second-order valence-electron chi connectivity index (χ2n) is 6.32. The molecule has 0 heterocycles. The number of nitrogens with one attached hydrogen (secondary N) is 1. The molecule has 0 amide bonds. The average Bonchev–Trinajstić information content (AvgIpc) is 3.03. The minimum atomic E-state index is -3.63. The van der Waals surface area contributed by atoms with Crippen molar-refractivity contribution in [1.82, 2.24) is 4.72 Å². The Bertz CT molecular complexity index is 647. The molecule has 2 saturated carbocycles. The van der Waals surface area contributed by atoms with Gasteiger partial charge in [0.05, 0.1) is 5.02 Å². The van der Waals surface area contributed by atoms with Gasteiger partial charge >= 0.3 is 0 Å². The Balaban J connectivity index is 1.78. The van der Waals surface area contributed by atoms with Crippen LogP contribution in [0.3, 0.4) is 0 Å². The zero-order valence-electron chi connectivity index (χ0n) is 11.9. The molecule has 2 bridgehead atoms. The molecule has 3 rings (SSSR count). The first-order chi connectivity index (χ1) is 9.87. The molecule has 4 atom stereocenters. The minimum Gasteiger partial charge on any atom is -0.208 e. The molecule has 0 aromatic heterocycles. The molecule has 1 aromatic rings. The van der Waals surface area contributed by atoms with Gasteiger partial charge < -0.3 is 0 Å². The highest BCUT2D eigenvalue weighted by atomic mass is 35.5. The van der Waals surface area contributed by atoms with Crippen LogP contribution in [0.15, 0.2) is 23.1 Å². The molecular formula is C15H19Cl2NO2S. The highest BCUT2D eigenvalue weighted by Crippen LogP contribution is 2.49. The van der Waals surface area contributed by atoms with Gasteiger partial charge in [-0.25, -0.2) is 13.1 Å². The van der Waals surface area contributed by atoms with Gasteiger partial charge in [0.25, 0.3) is 0 Å². The Morgan fingerprint density at radius 2 is 2.00 bits per heavy atom. The Labute approximate surface area is 136 Å². The Morgan fingerprint density at radius 1 is 1.24 bits per heavy atom. The maximum atomic E-state index is 12.5. The molecule has 1 aromatic carbocycles. The molecule has 2 fully saturated rings. The predicted octanol–water partition coefficient (Wildman–Crippen LogP) is 4.10. The number of rotatable bonds is 4. The molecular weight excluding hydrogens is 329 g/mol. The highest BCUT2D eigenvalue weighted by Gasteiger charge is 2.42. The highest BCUT2D eigenvalue weighted by molar-refractivity contribution is 7.89. The van der Waals surface area contributed by atoms with Crippen molar-refractivity contribution >= 4 is 33.2 Å². The third-order valence-corrected chi connectivity index (χ3v) is 7.23. The van der Waals surface area contributed by atoms with Crippen molar-refractivity contribution in [2.24, 2.45) is 17.8 Å². The van der Waals surface area contributed by atoms with Crippen molar-refractivity contribution in [3.8, 4) is 0 Å². The van der Waals surface area contributed by atoms with E-state index in [4.69, 9.17) is 23.2 Å². The van der Waals surface area contributed by atoms with Crippen molar-refractivity contribution < 1.29 is 8.42 Å². The smallest absolute Gasteiger partial charge is 0.208 e. The Hall–Kier alpha value is -0.290. The van der Waals surface area contributed by atoms with E-state index >= 15 is 0 Å². The molecule has 2 aliphatic carbocycles. The molecule has 6 heteroatoms. The lowest BCUT2D eigenvalue weighted by molar-refractivity contribution is 0.280. The molecule has 0 saturated heterocycles. The minimum absolute atomic E-state index is 0.0617. The van der Waals surface area contributed by atoms with Gasteiger partial charge in [0.2, 0.25) is 10.0 Å². The first kappa shape index (κ1) is 15.6. The predicted molar refractivity (Wildman–Crippen MR) is 85.2 cm³/mol. The quantitative estimate of drug-likeness (QED) is 0.891. The van der Waals surface area contributed by atoms with Crippen LogP contribution in [0.5, 0.6) is 0 Å². The Morgan fingerprint density at radius 3 is 2.62 bits per heavy atom. The third kappa shape index (κ3) is 3.09. The lowest BCUT2D eigenvalue weighted by atomic mass is 9.84. The SMILES string of the molecule is C[C@H](NS(=O)(=O)c1cc(Cl)ccc1Cl)[C@H]1C[C@H]2CC[C@H]1C2. The van der Waals surface area contributed by atoms with Crippen LogP contribution < -0.4 is 4.72 Å². The number of hydrogen-bond acceptors (Lipinski definition) is 2. The molecule has 0 radical (unpaired) electrons. The van der Waals surface area contributed by atoms with E-state index in [1.54, 1.807) is 6.07 Å². The van der Waals surface area contributed by atoms with Crippen LogP contribution >= 0.6 is 23.2 Å². The molecule has 116 valence electrons. The van der Waals surface area contributed by atoms with Crippen LogP contribution in [-0.2, 0) is 10.0 Å². The largest absolute Gasteiger partial charge is 0.242 e. The van der Waals surface area contributed by atoms with E-state index in [1.807, 2.05) is 6.92 Å². The molecule has 0 unspecified atom stereocenters. The fraction of sp³-hybridized carbons (Fsp3) is 0.600. The van der Waals surface area contributed by atoms with E-state index in [-0.39, 0.29) is 16.0 Å². The van der Waals surface area contributed by atoms with E-state index in [1.165, 1.54) is 31.4 Å². The maximum Gasteiger partial charge on any atom is 0.242 e. The summed E-state index contributed by atoms with van der Waals surface area (Å²) in [7, 11) is -3.63. The lowest BCUT2D eigenvalue weighted by Crippen LogP contribution is -2.40. The maximum absolute atomic E-state index is 12.5. The van der Waals surface area contributed by atoms with Crippen LogP contribution in [-0.4, -0.2) is 14.5 Å². The van der Waals surface area contributed by atoms with E-state index < -0.39 is 10.0 Å². The zero-order valence-corrected chi connectivity index (χ0v) is 14.2. The molecule has 0 aliphatic heterocycles. The number of hydrogen-bond donors (Lipinski definition) is 1. The topological polar surface area (TPSA) is 46.2 Å². The van der Waals surface area contributed by atoms with Gasteiger partial charge in [-0.15, -0.1) is 0 Å². The first-order valence-corrected chi connectivity index (χ1v) is 9.58. The standard InChI is InChI=1S/C15H19Cl2NO2S/c1-9(13-7-10-2-3-11(13)6-10)18-21(19,20)15-8-12(16)4-5-14(15)17/h4-5,8-11,13,18H,2-3,6-7H2,1H3/t9-,10-,11-,13+/m0/s1. The summed E-state index contributed by atoms with van der Waals surface area (Å²) in [4.78, 5) is 0.0617. The van der Waals surface area contributed by atoms with Gasteiger partial charge in [0.15, 0.2) is 0 Å². The number of benzene rings is 1. The summed E-state index contributed by atoms with van der Waals surface area (Å²) < 4.78 is 27.8. The molecule has 21 heavy (non-hydrogen) atoms. The monoisotopic (exact) mass is 347 g/mol. The van der Waals surface area contributed by atoms with Crippen molar-refractivity contribution in [3.05, 3.63) is 28.2 Å². The molecule has 3 nitrogen and oxygen atoms in total. The first-order valence-electron chi connectivity index (χ1n) is 7.34. The summed E-state index contributed by atoms with van der Waals surface area (Å²) in [5.74, 6) is 1.90. The average molecular weight is 348 g/mol. The van der Waals surface area contributed by atoms with E-state index in [0.29, 0.717) is 16.9 Å². The molecule has 1 N–H and O–H groups in total. The van der Waals surface area contributed by atoms with Gasteiger partial charge in [-0.3, -0.25) is 0 Å². The van der Waals surface area contributed by atoms with E-state index in [9.17, 15) is 8.42 Å². The van der Waals surface area contributed by atoms with Crippen LogP contribution in [0.4, 0.5) is 0 Å². The van der Waals surface area contributed by atoms with Crippen LogP contribution in [0.25, 0.3) is 0 Å². The fourth-order valence-corrected chi connectivity index (χ4v) is 6.04. The summed E-state index contributed by atoms with van der Waals surface area (Å²) in [6.07, 6.45) is 4.94. The van der Waals surface area contributed by atoms with Crippen LogP contribution in [0, 0.1) is 17.8 Å². The molecule has 0 spiro atoms. The van der Waals surface area contributed by atoms with Crippen LogP contribution in [0.1, 0.15) is 32.6 Å². The Kier molecular flexibility index (Phi) is 4.25.